The molecule has 1 aliphatic rings. The van der Waals surface area contributed by atoms with Gasteiger partial charge in [0, 0.05) is 13.0 Å². The van der Waals surface area contributed by atoms with Crippen LogP contribution >= 0.6 is 0 Å². The van der Waals surface area contributed by atoms with Crippen LogP contribution in [0.1, 0.15) is 36.8 Å². The van der Waals surface area contributed by atoms with Crippen molar-refractivity contribution in [3.05, 3.63) is 29.3 Å². The molecule has 0 aromatic heterocycles. The van der Waals surface area contributed by atoms with Crippen molar-refractivity contribution in [3.8, 4) is 5.75 Å². The highest BCUT2D eigenvalue weighted by molar-refractivity contribution is 5.37. The second-order valence-corrected chi connectivity index (χ2v) is 5.39. The molecule has 1 heterocycles. The van der Waals surface area contributed by atoms with Gasteiger partial charge in [0.1, 0.15) is 5.75 Å². The Morgan fingerprint density at radius 3 is 3.00 bits per heavy atom. The quantitative estimate of drug-likeness (QED) is 0.858. The van der Waals surface area contributed by atoms with Crippen LogP contribution in [0, 0.1) is 6.92 Å². The Labute approximate surface area is 115 Å². The van der Waals surface area contributed by atoms with E-state index in [2.05, 4.69) is 13.0 Å². The third-order valence-corrected chi connectivity index (χ3v) is 3.74. The van der Waals surface area contributed by atoms with E-state index in [1.54, 1.807) is 7.11 Å². The van der Waals surface area contributed by atoms with E-state index in [9.17, 15) is 5.11 Å². The Morgan fingerprint density at radius 1 is 1.47 bits per heavy atom. The first kappa shape index (κ1) is 14.4. The van der Waals surface area contributed by atoms with E-state index >= 15 is 0 Å². The van der Waals surface area contributed by atoms with Crippen molar-refractivity contribution in [2.45, 2.75) is 51.2 Å². The average Bonchev–Trinajstić information content (AvgIpc) is 2.90. The van der Waals surface area contributed by atoms with Crippen LogP contribution in [0.5, 0.6) is 5.75 Å². The number of methoxy groups -OCH3 is 1. The van der Waals surface area contributed by atoms with Crippen molar-refractivity contribution in [1.29, 1.82) is 0 Å². The molecule has 1 N–H and O–H groups in total. The van der Waals surface area contributed by atoms with Gasteiger partial charge in [-0.15, -0.1) is 0 Å². The molecule has 1 aromatic rings. The summed E-state index contributed by atoms with van der Waals surface area (Å²) in [4.78, 5) is 0. The Kier molecular flexibility index (Phi) is 5.23. The first-order chi connectivity index (χ1) is 9.19. The summed E-state index contributed by atoms with van der Waals surface area (Å²) < 4.78 is 10.9. The standard InChI is InChI=1S/C16H24O3/c1-12-5-8-16(18-2)13(10-12)11-14(17)6-7-15-4-3-9-19-15/h5,8,10,14-15,17H,3-4,6-7,9,11H2,1-2H3. The summed E-state index contributed by atoms with van der Waals surface area (Å²) in [6.45, 7) is 2.94. The lowest BCUT2D eigenvalue weighted by molar-refractivity contribution is 0.0811. The fraction of sp³-hybridized carbons (Fsp3) is 0.625. The molecule has 2 rings (SSSR count). The van der Waals surface area contributed by atoms with E-state index in [-0.39, 0.29) is 6.10 Å². The molecule has 106 valence electrons. The number of hydrogen-bond acceptors (Lipinski definition) is 3. The molecule has 0 saturated carbocycles. The van der Waals surface area contributed by atoms with Crippen LogP contribution in [0.3, 0.4) is 0 Å². The lowest BCUT2D eigenvalue weighted by atomic mass is 10.00. The lowest BCUT2D eigenvalue weighted by Crippen LogP contribution is -2.15. The Balaban J connectivity index is 1.86. The number of ether oxygens (including phenoxy) is 2. The van der Waals surface area contributed by atoms with Crippen LogP contribution < -0.4 is 4.74 Å². The maximum Gasteiger partial charge on any atom is 0.122 e. The van der Waals surface area contributed by atoms with Crippen molar-refractivity contribution in [3.63, 3.8) is 0 Å². The minimum atomic E-state index is -0.320. The molecule has 2 unspecified atom stereocenters. The first-order valence-electron chi connectivity index (χ1n) is 7.12. The third-order valence-electron chi connectivity index (χ3n) is 3.74. The highest BCUT2D eigenvalue weighted by Gasteiger charge is 2.17. The smallest absolute Gasteiger partial charge is 0.122 e. The van der Waals surface area contributed by atoms with E-state index in [1.165, 1.54) is 5.56 Å². The van der Waals surface area contributed by atoms with Gasteiger partial charge in [0.05, 0.1) is 19.3 Å². The van der Waals surface area contributed by atoms with E-state index < -0.39 is 0 Å². The van der Waals surface area contributed by atoms with Crippen molar-refractivity contribution in [2.75, 3.05) is 13.7 Å². The molecule has 3 nitrogen and oxygen atoms in total. The minimum Gasteiger partial charge on any atom is -0.496 e. The van der Waals surface area contributed by atoms with Gasteiger partial charge in [-0.1, -0.05) is 17.7 Å². The highest BCUT2D eigenvalue weighted by Crippen LogP contribution is 2.23. The van der Waals surface area contributed by atoms with E-state index in [0.29, 0.717) is 12.5 Å². The molecule has 3 heteroatoms. The monoisotopic (exact) mass is 264 g/mol. The van der Waals surface area contributed by atoms with Gasteiger partial charge in [0.15, 0.2) is 0 Å². The Hall–Kier alpha value is -1.06. The molecule has 2 atom stereocenters. The molecule has 0 aliphatic carbocycles. The normalized spacial score (nSPS) is 20.5. The Morgan fingerprint density at radius 2 is 2.32 bits per heavy atom. The van der Waals surface area contributed by atoms with Crippen molar-refractivity contribution in [2.24, 2.45) is 0 Å². The molecule has 0 bridgehead atoms. The van der Waals surface area contributed by atoms with Crippen LogP contribution in [0.25, 0.3) is 0 Å². The van der Waals surface area contributed by atoms with Crippen molar-refractivity contribution < 1.29 is 14.6 Å². The third kappa shape index (κ3) is 4.22. The number of aryl methyl sites for hydroxylation is 1. The zero-order valence-corrected chi connectivity index (χ0v) is 11.9. The van der Waals surface area contributed by atoms with Crippen LogP contribution in [0.4, 0.5) is 0 Å². The molecule has 1 aromatic carbocycles. The molecule has 0 spiro atoms. The minimum absolute atomic E-state index is 0.320. The largest absolute Gasteiger partial charge is 0.496 e. The molecule has 1 fully saturated rings. The van der Waals surface area contributed by atoms with Gasteiger partial charge in [-0.3, -0.25) is 0 Å². The maximum atomic E-state index is 10.2. The topological polar surface area (TPSA) is 38.7 Å². The Bertz CT molecular complexity index is 397. The zero-order valence-electron chi connectivity index (χ0n) is 11.9. The predicted molar refractivity (Wildman–Crippen MR) is 75.6 cm³/mol. The van der Waals surface area contributed by atoms with Crippen LogP contribution in [0.15, 0.2) is 18.2 Å². The van der Waals surface area contributed by atoms with Gasteiger partial charge < -0.3 is 14.6 Å². The summed E-state index contributed by atoms with van der Waals surface area (Å²) >= 11 is 0. The summed E-state index contributed by atoms with van der Waals surface area (Å²) in [5, 5.41) is 10.2. The summed E-state index contributed by atoms with van der Waals surface area (Å²) in [7, 11) is 1.67. The fourth-order valence-corrected chi connectivity index (χ4v) is 2.67. The number of aliphatic hydroxyl groups excluding tert-OH is 1. The molecule has 1 saturated heterocycles. The lowest BCUT2D eigenvalue weighted by Gasteiger charge is -2.16. The van der Waals surface area contributed by atoms with Crippen LogP contribution in [-0.4, -0.2) is 31.0 Å². The second kappa shape index (κ2) is 6.92. The summed E-state index contributed by atoms with van der Waals surface area (Å²) in [5.41, 5.74) is 2.28. The summed E-state index contributed by atoms with van der Waals surface area (Å²) in [5.74, 6) is 0.863. The summed E-state index contributed by atoms with van der Waals surface area (Å²) in [6, 6.07) is 6.09. The maximum absolute atomic E-state index is 10.2. The number of hydrogen-bond donors (Lipinski definition) is 1. The SMILES string of the molecule is COc1ccc(C)cc1CC(O)CCC1CCCO1. The van der Waals surface area contributed by atoms with Gasteiger partial charge in [0.2, 0.25) is 0 Å². The highest BCUT2D eigenvalue weighted by atomic mass is 16.5. The van der Waals surface area contributed by atoms with E-state index in [1.807, 2.05) is 12.1 Å². The first-order valence-corrected chi connectivity index (χ1v) is 7.12. The van der Waals surface area contributed by atoms with Gasteiger partial charge in [0.25, 0.3) is 0 Å². The van der Waals surface area contributed by atoms with Crippen LogP contribution in [-0.2, 0) is 11.2 Å². The number of rotatable bonds is 6. The number of aliphatic hydroxyl groups is 1. The van der Waals surface area contributed by atoms with Crippen LogP contribution in [0.2, 0.25) is 0 Å². The molecular formula is C16H24O3. The molecule has 1 aliphatic heterocycles. The molecule has 19 heavy (non-hydrogen) atoms. The van der Waals surface area contributed by atoms with Gasteiger partial charge in [-0.25, -0.2) is 0 Å². The van der Waals surface area contributed by atoms with E-state index in [0.717, 1.165) is 43.6 Å². The predicted octanol–water partition coefficient (Wildman–Crippen LogP) is 2.87. The molecule has 0 radical (unpaired) electrons. The van der Waals surface area contributed by atoms with Gasteiger partial charge in [-0.2, -0.15) is 0 Å². The van der Waals surface area contributed by atoms with E-state index in [4.69, 9.17) is 9.47 Å². The van der Waals surface area contributed by atoms with Gasteiger partial charge >= 0.3 is 0 Å². The second-order valence-electron chi connectivity index (χ2n) is 5.39. The summed E-state index contributed by atoms with van der Waals surface area (Å²) in [6.07, 6.45) is 4.73. The average molecular weight is 264 g/mol. The number of benzene rings is 1. The van der Waals surface area contributed by atoms with Gasteiger partial charge in [-0.05, 0) is 44.2 Å². The zero-order chi connectivity index (χ0) is 13.7. The van der Waals surface area contributed by atoms with Crippen molar-refractivity contribution >= 4 is 0 Å². The molecule has 0 amide bonds. The van der Waals surface area contributed by atoms with Crippen molar-refractivity contribution in [1.82, 2.24) is 0 Å². The fourth-order valence-electron chi connectivity index (χ4n) is 2.67. The molecular weight excluding hydrogens is 240 g/mol.